The van der Waals surface area contributed by atoms with E-state index in [1.807, 2.05) is 25.7 Å². The van der Waals surface area contributed by atoms with Crippen molar-refractivity contribution in [1.29, 1.82) is 0 Å². The lowest BCUT2D eigenvalue weighted by atomic mass is 10.0. The first-order chi connectivity index (χ1) is 12.3. The molecule has 0 spiro atoms. The van der Waals surface area contributed by atoms with E-state index in [1.165, 1.54) is 6.42 Å². The van der Waals surface area contributed by atoms with Gasteiger partial charge in [-0.25, -0.2) is 4.79 Å². The molecule has 7 heteroatoms. The van der Waals surface area contributed by atoms with Gasteiger partial charge in [0, 0.05) is 30.4 Å². The second-order valence-electron chi connectivity index (χ2n) is 8.30. The Bertz CT molecular complexity index is 654. The summed E-state index contributed by atoms with van der Waals surface area (Å²) in [5.41, 5.74) is 2.34. The monoisotopic (exact) mass is 362 g/mol. The Morgan fingerprint density at radius 3 is 2.54 bits per heavy atom. The molecule has 0 aromatic carbocycles. The summed E-state index contributed by atoms with van der Waals surface area (Å²) in [6, 6.07) is 0.0465. The summed E-state index contributed by atoms with van der Waals surface area (Å²) < 4.78 is 5.30. The molecule has 1 saturated heterocycles. The third kappa shape index (κ3) is 4.56. The minimum atomic E-state index is -0.501. The van der Waals surface area contributed by atoms with Crippen LogP contribution in [0.15, 0.2) is 0 Å². The standard InChI is InChI=1S/C19H30N4O3/c1-19(2,3)26-18(25)20-13-9-11-23(12-10-13)17(24)16-14-7-5-4-6-8-15(14)21-22-16/h13H,4-12H2,1-3H3,(H,20,25)(H,21,22). The van der Waals surface area contributed by atoms with Crippen LogP contribution >= 0.6 is 0 Å². The van der Waals surface area contributed by atoms with Crippen LogP contribution in [0.25, 0.3) is 0 Å². The highest BCUT2D eigenvalue weighted by Crippen LogP contribution is 2.23. The summed E-state index contributed by atoms with van der Waals surface area (Å²) in [6.07, 6.45) is 6.48. The Kier molecular flexibility index (Phi) is 5.53. The fraction of sp³-hybridized carbons (Fsp3) is 0.737. The van der Waals surface area contributed by atoms with Gasteiger partial charge in [0.05, 0.1) is 0 Å². The van der Waals surface area contributed by atoms with Gasteiger partial charge < -0.3 is 15.0 Å². The minimum Gasteiger partial charge on any atom is -0.444 e. The van der Waals surface area contributed by atoms with E-state index < -0.39 is 5.60 Å². The van der Waals surface area contributed by atoms with Crippen LogP contribution in [0, 0.1) is 0 Å². The number of aromatic amines is 1. The molecule has 2 amide bonds. The molecule has 1 fully saturated rings. The number of nitrogens with zero attached hydrogens (tertiary/aromatic N) is 2. The number of piperidine rings is 1. The quantitative estimate of drug-likeness (QED) is 0.792. The lowest BCUT2D eigenvalue weighted by Crippen LogP contribution is -2.47. The van der Waals surface area contributed by atoms with Crippen molar-refractivity contribution in [2.75, 3.05) is 13.1 Å². The van der Waals surface area contributed by atoms with Crippen LogP contribution in [0.4, 0.5) is 4.79 Å². The largest absolute Gasteiger partial charge is 0.444 e. The first-order valence-corrected chi connectivity index (χ1v) is 9.68. The van der Waals surface area contributed by atoms with Crippen molar-refractivity contribution in [1.82, 2.24) is 20.4 Å². The lowest BCUT2D eigenvalue weighted by Gasteiger charge is -2.32. The maximum absolute atomic E-state index is 12.9. The molecule has 0 saturated carbocycles. The summed E-state index contributed by atoms with van der Waals surface area (Å²) in [7, 11) is 0. The molecule has 1 aliphatic heterocycles. The van der Waals surface area contributed by atoms with E-state index in [-0.39, 0.29) is 18.0 Å². The maximum atomic E-state index is 12.9. The van der Waals surface area contributed by atoms with Gasteiger partial charge in [0.2, 0.25) is 0 Å². The predicted molar refractivity (Wildman–Crippen MR) is 98.1 cm³/mol. The molecule has 1 aliphatic carbocycles. The Labute approximate surface area is 154 Å². The number of carbonyl (C=O) groups excluding carboxylic acids is 2. The summed E-state index contributed by atoms with van der Waals surface area (Å²) >= 11 is 0. The molecule has 2 aliphatic rings. The molecule has 1 aromatic heterocycles. The molecular formula is C19H30N4O3. The number of hydrogen-bond acceptors (Lipinski definition) is 4. The van der Waals surface area contributed by atoms with Gasteiger partial charge in [0.15, 0.2) is 5.69 Å². The maximum Gasteiger partial charge on any atom is 0.407 e. The summed E-state index contributed by atoms with van der Waals surface area (Å²) in [5.74, 6) is 0.0140. The van der Waals surface area contributed by atoms with Crippen LogP contribution in [0.2, 0.25) is 0 Å². The molecule has 1 aromatic rings. The lowest BCUT2D eigenvalue weighted by molar-refractivity contribution is 0.0473. The van der Waals surface area contributed by atoms with Crippen molar-refractivity contribution in [2.45, 2.75) is 77.4 Å². The van der Waals surface area contributed by atoms with E-state index in [0.29, 0.717) is 18.8 Å². The number of nitrogens with one attached hydrogen (secondary N) is 2. The zero-order chi connectivity index (χ0) is 18.7. The second-order valence-corrected chi connectivity index (χ2v) is 8.30. The summed E-state index contributed by atoms with van der Waals surface area (Å²) in [5, 5.41) is 10.3. The van der Waals surface area contributed by atoms with Crippen molar-refractivity contribution in [3.63, 3.8) is 0 Å². The average Bonchev–Trinajstić information content (AvgIpc) is 2.81. The molecule has 26 heavy (non-hydrogen) atoms. The second kappa shape index (κ2) is 7.68. The number of rotatable bonds is 2. The molecule has 2 N–H and O–H groups in total. The molecule has 0 atom stereocenters. The van der Waals surface area contributed by atoms with E-state index >= 15 is 0 Å². The van der Waals surface area contributed by atoms with Crippen molar-refractivity contribution < 1.29 is 14.3 Å². The number of amides is 2. The van der Waals surface area contributed by atoms with E-state index in [1.54, 1.807) is 0 Å². The third-order valence-electron chi connectivity index (χ3n) is 5.01. The van der Waals surface area contributed by atoms with Gasteiger partial charge in [-0.05, 0) is 59.3 Å². The molecular weight excluding hydrogens is 332 g/mol. The number of hydrogen-bond donors (Lipinski definition) is 2. The Morgan fingerprint density at radius 1 is 1.15 bits per heavy atom. The smallest absolute Gasteiger partial charge is 0.407 e. The molecule has 2 heterocycles. The van der Waals surface area contributed by atoms with E-state index in [4.69, 9.17) is 4.74 Å². The fourth-order valence-corrected chi connectivity index (χ4v) is 3.69. The van der Waals surface area contributed by atoms with Gasteiger partial charge in [0.25, 0.3) is 5.91 Å². The molecule has 0 radical (unpaired) electrons. The summed E-state index contributed by atoms with van der Waals surface area (Å²) in [6.45, 7) is 6.80. The van der Waals surface area contributed by atoms with Crippen LogP contribution in [-0.2, 0) is 17.6 Å². The number of alkyl carbamates (subject to hydrolysis) is 1. The van der Waals surface area contributed by atoms with Crippen LogP contribution in [0.3, 0.4) is 0 Å². The van der Waals surface area contributed by atoms with Crippen LogP contribution in [0.1, 0.15) is 74.6 Å². The SMILES string of the molecule is CC(C)(C)OC(=O)NC1CCN(C(=O)c2n[nH]c3c2CCCCC3)CC1. The first-order valence-electron chi connectivity index (χ1n) is 9.68. The van der Waals surface area contributed by atoms with Crippen molar-refractivity contribution in [3.05, 3.63) is 17.0 Å². The highest BCUT2D eigenvalue weighted by Gasteiger charge is 2.29. The Balaban J connectivity index is 1.54. The summed E-state index contributed by atoms with van der Waals surface area (Å²) in [4.78, 5) is 26.6. The van der Waals surface area contributed by atoms with Gasteiger partial charge in [-0.1, -0.05) is 6.42 Å². The number of H-pyrrole nitrogens is 1. The molecule has 7 nitrogen and oxygen atoms in total. The average molecular weight is 362 g/mol. The van der Waals surface area contributed by atoms with Crippen LogP contribution < -0.4 is 5.32 Å². The zero-order valence-corrected chi connectivity index (χ0v) is 16.1. The Hall–Kier alpha value is -2.05. The van der Waals surface area contributed by atoms with Gasteiger partial charge in [0.1, 0.15) is 5.60 Å². The molecule has 144 valence electrons. The van der Waals surface area contributed by atoms with Gasteiger partial charge >= 0.3 is 6.09 Å². The number of ether oxygens (including phenoxy) is 1. The minimum absolute atomic E-state index is 0.0140. The fourth-order valence-electron chi connectivity index (χ4n) is 3.69. The predicted octanol–water partition coefficient (Wildman–Crippen LogP) is 2.81. The topological polar surface area (TPSA) is 87.3 Å². The van der Waals surface area contributed by atoms with Gasteiger partial charge in [-0.3, -0.25) is 9.89 Å². The molecule has 0 unspecified atom stereocenters. The number of fused-ring (bicyclic) bond motifs is 1. The van der Waals surface area contributed by atoms with Crippen molar-refractivity contribution in [2.24, 2.45) is 0 Å². The highest BCUT2D eigenvalue weighted by molar-refractivity contribution is 5.94. The molecule has 3 rings (SSSR count). The van der Waals surface area contributed by atoms with E-state index in [9.17, 15) is 9.59 Å². The zero-order valence-electron chi connectivity index (χ0n) is 16.1. The van der Waals surface area contributed by atoms with Crippen molar-refractivity contribution >= 4 is 12.0 Å². The number of carbonyl (C=O) groups is 2. The van der Waals surface area contributed by atoms with E-state index in [0.717, 1.165) is 49.8 Å². The highest BCUT2D eigenvalue weighted by atomic mass is 16.6. The number of aryl methyl sites for hydroxylation is 1. The molecule has 0 bridgehead atoms. The third-order valence-corrected chi connectivity index (χ3v) is 5.01. The number of likely N-dealkylation sites (tertiary alicyclic amines) is 1. The van der Waals surface area contributed by atoms with Crippen LogP contribution in [-0.4, -0.2) is 51.8 Å². The first kappa shape index (κ1) is 18.7. The van der Waals surface area contributed by atoms with Crippen LogP contribution in [0.5, 0.6) is 0 Å². The van der Waals surface area contributed by atoms with E-state index in [2.05, 4.69) is 15.5 Å². The van der Waals surface area contributed by atoms with Crippen molar-refractivity contribution in [3.8, 4) is 0 Å². The van der Waals surface area contributed by atoms with Gasteiger partial charge in [-0.2, -0.15) is 5.10 Å². The van der Waals surface area contributed by atoms with Gasteiger partial charge in [-0.15, -0.1) is 0 Å². The number of aromatic nitrogens is 2. The Morgan fingerprint density at radius 2 is 1.85 bits per heavy atom. The normalized spacial score (nSPS) is 18.8.